The summed E-state index contributed by atoms with van der Waals surface area (Å²) in [7, 11) is 0. The molecule has 0 aliphatic carbocycles. The lowest BCUT2D eigenvalue weighted by Crippen LogP contribution is -2.02. The maximum atomic E-state index is 10.3. The van der Waals surface area contributed by atoms with E-state index in [1.165, 1.54) is 38.5 Å². The highest BCUT2D eigenvalue weighted by Gasteiger charge is 1.91. The van der Waals surface area contributed by atoms with Gasteiger partial charge in [0.2, 0.25) is 0 Å². The quantitative estimate of drug-likeness (QED) is 0.305. The Morgan fingerprint density at radius 2 is 1.57 bits per heavy atom. The minimum atomic E-state index is -0.981. The first-order valence-corrected chi connectivity index (χ1v) is 7.95. The van der Waals surface area contributed by atoms with Gasteiger partial charge in [0.25, 0.3) is 0 Å². The minimum Gasteiger partial charge on any atom is -0.478 e. The molecule has 0 fully saturated rings. The SMILES string of the molecule is C=CC(=O)O.C=CC(=O)OCCCO.CCCCCCCCN. The molecule has 0 rings (SSSR count). The monoisotopic (exact) mass is 331 g/mol. The number of unbranched alkanes of at least 4 members (excludes halogenated alkanes) is 5. The van der Waals surface area contributed by atoms with Gasteiger partial charge in [0.1, 0.15) is 0 Å². The summed E-state index contributed by atoms with van der Waals surface area (Å²) >= 11 is 0. The zero-order valence-electron chi connectivity index (χ0n) is 14.3. The second-order valence-electron chi connectivity index (χ2n) is 4.55. The third kappa shape index (κ3) is 38.4. The Bertz CT molecular complexity index is 287. The predicted molar refractivity (Wildman–Crippen MR) is 93.1 cm³/mol. The molecule has 0 aromatic carbocycles. The van der Waals surface area contributed by atoms with Crippen molar-refractivity contribution in [1.29, 1.82) is 0 Å². The summed E-state index contributed by atoms with van der Waals surface area (Å²) in [5, 5.41) is 15.8. The molecule has 0 spiro atoms. The van der Waals surface area contributed by atoms with E-state index in [1.54, 1.807) is 0 Å². The van der Waals surface area contributed by atoms with Gasteiger partial charge in [-0.3, -0.25) is 0 Å². The lowest BCUT2D eigenvalue weighted by Gasteiger charge is -1.96. The van der Waals surface area contributed by atoms with Gasteiger partial charge < -0.3 is 20.7 Å². The van der Waals surface area contributed by atoms with Crippen LogP contribution in [0.5, 0.6) is 0 Å². The van der Waals surface area contributed by atoms with Gasteiger partial charge in [0.05, 0.1) is 6.61 Å². The molecule has 0 atom stereocenters. The van der Waals surface area contributed by atoms with Crippen LogP contribution in [-0.2, 0) is 14.3 Å². The van der Waals surface area contributed by atoms with Crippen LogP contribution in [0.4, 0.5) is 0 Å². The number of aliphatic hydroxyl groups excluding tert-OH is 1. The molecule has 0 radical (unpaired) electrons. The van der Waals surface area contributed by atoms with Crippen molar-refractivity contribution in [2.24, 2.45) is 5.73 Å². The van der Waals surface area contributed by atoms with Crippen LogP contribution in [0, 0.1) is 0 Å². The first-order valence-electron chi connectivity index (χ1n) is 7.95. The van der Waals surface area contributed by atoms with E-state index in [-0.39, 0.29) is 13.2 Å². The lowest BCUT2D eigenvalue weighted by molar-refractivity contribution is -0.138. The number of carbonyl (C=O) groups excluding carboxylic acids is 1. The van der Waals surface area contributed by atoms with Crippen LogP contribution >= 0.6 is 0 Å². The summed E-state index contributed by atoms with van der Waals surface area (Å²) < 4.78 is 4.51. The van der Waals surface area contributed by atoms with Crippen LogP contribution in [0.25, 0.3) is 0 Å². The van der Waals surface area contributed by atoms with Crippen molar-refractivity contribution in [3.05, 3.63) is 25.3 Å². The number of esters is 1. The molecule has 0 aliphatic heterocycles. The number of nitrogens with two attached hydrogens (primary N) is 1. The molecule has 23 heavy (non-hydrogen) atoms. The fourth-order valence-electron chi connectivity index (χ4n) is 1.22. The topological polar surface area (TPSA) is 110 Å². The van der Waals surface area contributed by atoms with Crippen LogP contribution in [0.2, 0.25) is 0 Å². The van der Waals surface area contributed by atoms with Crippen LogP contribution in [-0.4, -0.2) is 41.9 Å². The average Bonchev–Trinajstić information content (AvgIpc) is 2.56. The smallest absolute Gasteiger partial charge is 0.330 e. The van der Waals surface area contributed by atoms with Gasteiger partial charge >= 0.3 is 11.9 Å². The second kappa shape index (κ2) is 25.3. The molecule has 0 saturated carbocycles. The summed E-state index contributed by atoms with van der Waals surface area (Å²) in [6.07, 6.45) is 10.5. The van der Waals surface area contributed by atoms with Gasteiger partial charge in [0, 0.05) is 25.2 Å². The highest BCUT2D eigenvalue weighted by molar-refractivity contribution is 5.81. The molecule has 0 bridgehead atoms. The minimum absolute atomic E-state index is 0.0461. The summed E-state index contributed by atoms with van der Waals surface area (Å²) in [6, 6.07) is 0. The molecule has 136 valence electrons. The van der Waals surface area contributed by atoms with Gasteiger partial charge in [-0.05, 0) is 13.0 Å². The number of carboxylic acids is 1. The molecule has 0 heterocycles. The number of carbonyl (C=O) groups is 2. The van der Waals surface area contributed by atoms with Gasteiger partial charge in [0.15, 0.2) is 0 Å². The van der Waals surface area contributed by atoms with Gasteiger partial charge in [-0.15, -0.1) is 0 Å². The van der Waals surface area contributed by atoms with E-state index in [4.69, 9.17) is 15.9 Å². The molecule has 6 heteroatoms. The van der Waals surface area contributed by atoms with Crippen molar-refractivity contribution in [2.45, 2.75) is 51.9 Å². The molecular formula is C17H33NO5. The van der Waals surface area contributed by atoms with E-state index >= 15 is 0 Å². The Kier molecular flexibility index (Phi) is 28.9. The first kappa shape index (κ1) is 26.2. The lowest BCUT2D eigenvalue weighted by atomic mass is 10.1. The molecule has 0 aromatic rings. The first-order chi connectivity index (χ1) is 11.0. The number of carboxylic acid groups (broad SMARTS) is 1. The van der Waals surface area contributed by atoms with Crippen molar-refractivity contribution in [3.63, 3.8) is 0 Å². The number of hydrogen-bond donors (Lipinski definition) is 3. The Morgan fingerprint density at radius 3 is 1.96 bits per heavy atom. The number of aliphatic carboxylic acids is 1. The molecule has 0 saturated heterocycles. The van der Waals surface area contributed by atoms with Gasteiger partial charge in [-0.1, -0.05) is 52.2 Å². The Morgan fingerprint density at radius 1 is 1.04 bits per heavy atom. The number of rotatable bonds is 11. The van der Waals surface area contributed by atoms with E-state index in [1.807, 2.05) is 0 Å². The molecule has 0 aromatic heterocycles. The van der Waals surface area contributed by atoms with E-state index in [2.05, 4.69) is 24.8 Å². The predicted octanol–water partition coefficient (Wildman–Crippen LogP) is 2.66. The number of ether oxygens (including phenoxy) is 1. The van der Waals surface area contributed by atoms with Crippen molar-refractivity contribution in [2.75, 3.05) is 19.8 Å². The van der Waals surface area contributed by atoms with Crippen LogP contribution in [0.3, 0.4) is 0 Å². The summed E-state index contributed by atoms with van der Waals surface area (Å²) in [5.74, 6) is -1.42. The second-order valence-corrected chi connectivity index (χ2v) is 4.55. The zero-order chi connectivity index (χ0) is 18.3. The molecule has 0 unspecified atom stereocenters. The average molecular weight is 331 g/mol. The maximum absolute atomic E-state index is 10.3. The van der Waals surface area contributed by atoms with E-state index < -0.39 is 11.9 Å². The maximum Gasteiger partial charge on any atom is 0.330 e. The van der Waals surface area contributed by atoms with Crippen molar-refractivity contribution < 1.29 is 24.5 Å². The van der Waals surface area contributed by atoms with E-state index in [9.17, 15) is 9.59 Å². The number of hydrogen-bond acceptors (Lipinski definition) is 5. The fourth-order valence-corrected chi connectivity index (χ4v) is 1.22. The summed E-state index contributed by atoms with van der Waals surface area (Å²) in [5.41, 5.74) is 5.34. The molecule has 0 aliphatic rings. The van der Waals surface area contributed by atoms with Gasteiger partial charge in [-0.25, -0.2) is 9.59 Å². The molecule has 4 N–H and O–H groups in total. The number of aliphatic hydroxyl groups is 1. The standard InChI is InChI=1S/C8H19N.C6H10O3.C3H4O2/c1-2-3-4-5-6-7-8-9;1-2-6(8)9-5-3-4-7;1-2-3(4)5/h2-9H2,1H3;2,7H,1,3-5H2;2H,1H2,(H,4,5). The van der Waals surface area contributed by atoms with Crippen LogP contribution < -0.4 is 5.73 Å². The Labute approximate surface area is 140 Å². The Hall–Kier alpha value is -1.66. The third-order valence-corrected chi connectivity index (χ3v) is 2.45. The zero-order valence-corrected chi connectivity index (χ0v) is 14.3. The fraction of sp³-hybridized carbons (Fsp3) is 0.647. The highest BCUT2D eigenvalue weighted by Crippen LogP contribution is 2.03. The summed E-state index contributed by atoms with van der Waals surface area (Å²) in [4.78, 5) is 19.5. The van der Waals surface area contributed by atoms with Gasteiger partial charge in [-0.2, -0.15) is 0 Å². The van der Waals surface area contributed by atoms with Crippen molar-refractivity contribution >= 4 is 11.9 Å². The van der Waals surface area contributed by atoms with Crippen molar-refractivity contribution in [1.82, 2.24) is 0 Å². The van der Waals surface area contributed by atoms with Crippen molar-refractivity contribution in [3.8, 4) is 0 Å². The van der Waals surface area contributed by atoms with E-state index in [0.717, 1.165) is 18.7 Å². The summed E-state index contributed by atoms with van der Waals surface area (Å²) in [6.45, 7) is 9.58. The van der Waals surface area contributed by atoms with E-state index in [0.29, 0.717) is 6.42 Å². The third-order valence-electron chi connectivity index (χ3n) is 2.45. The molecule has 0 amide bonds. The molecule has 6 nitrogen and oxygen atoms in total. The Balaban J connectivity index is -0.000000273. The molecular weight excluding hydrogens is 298 g/mol. The highest BCUT2D eigenvalue weighted by atomic mass is 16.5. The van der Waals surface area contributed by atoms with Crippen LogP contribution in [0.1, 0.15) is 51.9 Å². The normalized spacial score (nSPS) is 8.65. The van der Waals surface area contributed by atoms with Crippen LogP contribution in [0.15, 0.2) is 25.3 Å². The largest absolute Gasteiger partial charge is 0.478 e.